The van der Waals surface area contributed by atoms with E-state index >= 15 is 0 Å². The van der Waals surface area contributed by atoms with E-state index in [1.165, 1.54) is 6.42 Å². The van der Waals surface area contributed by atoms with Crippen molar-refractivity contribution >= 4 is 11.9 Å². The molecule has 1 aromatic carbocycles. The van der Waals surface area contributed by atoms with Crippen LogP contribution in [0.1, 0.15) is 44.6 Å². The van der Waals surface area contributed by atoms with Gasteiger partial charge in [-0.25, -0.2) is 4.79 Å². The Labute approximate surface area is 131 Å². The molecule has 5 heteroatoms. The van der Waals surface area contributed by atoms with E-state index in [0.717, 1.165) is 31.2 Å². The first-order chi connectivity index (χ1) is 10.6. The Morgan fingerprint density at radius 2 is 1.86 bits per heavy atom. The van der Waals surface area contributed by atoms with E-state index in [0.29, 0.717) is 6.54 Å². The molecule has 0 radical (unpaired) electrons. The number of hydrogen-bond acceptors (Lipinski definition) is 2. The molecule has 5 nitrogen and oxygen atoms in total. The zero-order valence-electron chi connectivity index (χ0n) is 13.1. The summed E-state index contributed by atoms with van der Waals surface area (Å²) in [6.45, 7) is 2.27. The highest BCUT2D eigenvalue weighted by atomic mass is 16.2. The predicted octanol–water partition coefficient (Wildman–Crippen LogP) is 2.40. The zero-order chi connectivity index (χ0) is 15.9. The van der Waals surface area contributed by atoms with Crippen molar-refractivity contribution in [1.29, 1.82) is 0 Å². The summed E-state index contributed by atoms with van der Waals surface area (Å²) in [7, 11) is 0. The van der Waals surface area contributed by atoms with Gasteiger partial charge in [0.05, 0.1) is 0 Å². The molecule has 3 amide bonds. The molecule has 120 valence electrons. The van der Waals surface area contributed by atoms with Gasteiger partial charge in [-0.1, -0.05) is 49.6 Å². The van der Waals surface area contributed by atoms with E-state index in [1.54, 1.807) is 6.92 Å². The van der Waals surface area contributed by atoms with Crippen molar-refractivity contribution in [3.63, 3.8) is 0 Å². The van der Waals surface area contributed by atoms with Gasteiger partial charge in [-0.15, -0.1) is 0 Å². The largest absolute Gasteiger partial charge is 0.352 e. The maximum absolute atomic E-state index is 12.7. The lowest BCUT2D eigenvalue weighted by Crippen LogP contribution is -2.51. The van der Waals surface area contributed by atoms with Crippen molar-refractivity contribution in [3.05, 3.63) is 35.9 Å². The first kappa shape index (κ1) is 16.3. The number of carbonyl (C=O) groups excluding carboxylic acids is 2. The summed E-state index contributed by atoms with van der Waals surface area (Å²) < 4.78 is 0. The fraction of sp³-hybridized carbons (Fsp3) is 0.529. The van der Waals surface area contributed by atoms with Crippen LogP contribution in [-0.4, -0.2) is 28.9 Å². The van der Waals surface area contributed by atoms with Crippen molar-refractivity contribution in [1.82, 2.24) is 10.2 Å². The maximum atomic E-state index is 12.7. The van der Waals surface area contributed by atoms with Gasteiger partial charge in [0.1, 0.15) is 6.04 Å². The molecule has 2 rings (SSSR count). The molecule has 22 heavy (non-hydrogen) atoms. The molecule has 1 atom stereocenters. The summed E-state index contributed by atoms with van der Waals surface area (Å²) in [5.41, 5.74) is 6.25. The number of nitrogens with two attached hydrogens (primary N) is 1. The van der Waals surface area contributed by atoms with E-state index in [1.807, 2.05) is 35.2 Å². The van der Waals surface area contributed by atoms with Gasteiger partial charge in [0, 0.05) is 12.6 Å². The topological polar surface area (TPSA) is 75.4 Å². The van der Waals surface area contributed by atoms with Gasteiger partial charge < -0.3 is 16.0 Å². The van der Waals surface area contributed by atoms with Crippen LogP contribution < -0.4 is 11.1 Å². The second-order valence-corrected chi connectivity index (χ2v) is 5.97. The molecule has 1 aliphatic carbocycles. The highest BCUT2D eigenvalue weighted by molar-refractivity contribution is 5.86. The number of nitrogens with zero attached hydrogens (tertiary/aromatic N) is 1. The minimum absolute atomic E-state index is 0.0606. The molecule has 0 spiro atoms. The van der Waals surface area contributed by atoms with Gasteiger partial charge in [0.25, 0.3) is 0 Å². The summed E-state index contributed by atoms with van der Waals surface area (Å²) in [6.07, 6.45) is 5.60. The molecule has 1 saturated carbocycles. The molecule has 0 heterocycles. The van der Waals surface area contributed by atoms with Crippen LogP contribution in [0.3, 0.4) is 0 Å². The number of urea groups is 1. The molecule has 0 aromatic heterocycles. The van der Waals surface area contributed by atoms with Crippen LogP contribution in [0.4, 0.5) is 4.79 Å². The fourth-order valence-electron chi connectivity index (χ4n) is 3.08. The van der Waals surface area contributed by atoms with Gasteiger partial charge >= 0.3 is 6.03 Å². The Balaban J connectivity index is 2.13. The van der Waals surface area contributed by atoms with Crippen LogP contribution in [0.15, 0.2) is 30.3 Å². The number of hydrogen-bond donors (Lipinski definition) is 2. The molecule has 1 fully saturated rings. The maximum Gasteiger partial charge on any atom is 0.312 e. The lowest BCUT2D eigenvalue weighted by atomic mass is 9.93. The van der Waals surface area contributed by atoms with Crippen molar-refractivity contribution < 1.29 is 9.59 Å². The van der Waals surface area contributed by atoms with E-state index in [-0.39, 0.29) is 11.9 Å². The summed E-state index contributed by atoms with van der Waals surface area (Å²) in [5, 5.41) is 2.50. The smallest absolute Gasteiger partial charge is 0.312 e. The Kier molecular flexibility index (Phi) is 5.81. The minimum Gasteiger partial charge on any atom is -0.352 e. The van der Waals surface area contributed by atoms with Crippen molar-refractivity contribution in [2.24, 2.45) is 5.73 Å². The lowest BCUT2D eigenvalue weighted by Gasteiger charge is -2.36. The Bertz CT molecular complexity index is 498. The van der Waals surface area contributed by atoms with E-state index in [2.05, 4.69) is 5.32 Å². The zero-order valence-corrected chi connectivity index (χ0v) is 13.1. The van der Waals surface area contributed by atoms with Crippen LogP contribution in [0, 0.1) is 0 Å². The second-order valence-electron chi connectivity index (χ2n) is 5.97. The summed E-state index contributed by atoms with van der Waals surface area (Å²) >= 11 is 0. The molecule has 0 saturated heterocycles. The standard InChI is InChI=1S/C17H25N3O2/c1-13(19-17(18)22)16(21)20(15-10-6-3-7-11-15)12-14-8-4-2-5-9-14/h2,4-5,8-9,13,15H,3,6-7,10-12H2,1H3,(H3,18,19,22)/t13-/m1/s1. The third kappa shape index (κ3) is 4.48. The second kappa shape index (κ2) is 7.82. The Hall–Kier alpha value is -2.04. The average Bonchev–Trinajstić information content (AvgIpc) is 2.53. The molecule has 0 aliphatic heterocycles. The number of primary amides is 1. The van der Waals surface area contributed by atoms with Gasteiger partial charge in [-0.3, -0.25) is 4.79 Å². The SMILES string of the molecule is C[C@@H](NC(N)=O)C(=O)N(Cc1ccccc1)C1CCCCC1. The van der Waals surface area contributed by atoms with Gasteiger partial charge in [0.2, 0.25) is 5.91 Å². The van der Waals surface area contributed by atoms with Crippen molar-refractivity contribution in [3.8, 4) is 0 Å². The highest BCUT2D eigenvalue weighted by Crippen LogP contribution is 2.24. The first-order valence-corrected chi connectivity index (χ1v) is 7.98. The highest BCUT2D eigenvalue weighted by Gasteiger charge is 2.29. The van der Waals surface area contributed by atoms with E-state index in [4.69, 9.17) is 5.73 Å². The molecule has 1 aromatic rings. The lowest BCUT2D eigenvalue weighted by molar-refractivity contribution is -0.136. The number of amides is 3. The molecule has 3 N–H and O–H groups in total. The molecule has 0 unspecified atom stereocenters. The summed E-state index contributed by atoms with van der Waals surface area (Å²) in [6, 6.07) is 8.96. The number of benzene rings is 1. The van der Waals surface area contributed by atoms with Crippen molar-refractivity contribution in [2.75, 3.05) is 0 Å². The number of carbonyl (C=O) groups is 2. The first-order valence-electron chi connectivity index (χ1n) is 7.98. The van der Waals surface area contributed by atoms with Gasteiger partial charge in [-0.2, -0.15) is 0 Å². The third-order valence-corrected chi connectivity index (χ3v) is 4.22. The Morgan fingerprint density at radius 1 is 1.23 bits per heavy atom. The average molecular weight is 303 g/mol. The minimum atomic E-state index is -0.663. The molecular weight excluding hydrogens is 278 g/mol. The molecule has 0 bridgehead atoms. The fourth-order valence-corrected chi connectivity index (χ4v) is 3.08. The van der Waals surface area contributed by atoms with E-state index < -0.39 is 12.1 Å². The monoisotopic (exact) mass is 303 g/mol. The molecular formula is C17H25N3O2. The van der Waals surface area contributed by atoms with Crippen molar-refractivity contribution in [2.45, 2.75) is 57.7 Å². The predicted molar refractivity (Wildman–Crippen MR) is 86.0 cm³/mol. The van der Waals surface area contributed by atoms with Gasteiger partial charge in [-0.05, 0) is 25.3 Å². The van der Waals surface area contributed by atoms with Crippen LogP contribution >= 0.6 is 0 Å². The van der Waals surface area contributed by atoms with Crippen LogP contribution in [-0.2, 0) is 11.3 Å². The third-order valence-electron chi connectivity index (χ3n) is 4.22. The summed E-state index contributed by atoms with van der Waals surface area (Å²) in [5.74, 6) is -0.0606. The number of nitrogens with one attached hydrogen (secondary N) is 1. The number of rotatable bonds is 5. The summed E-state index contributed by atoms with van der Waals surface area (Å²) in [4.78, 5) is 25.7. The molecule has 1 aliphatic rings. The van der Waals surface area contributed by atoms with Crippen LogP contribution in [0.2, 0.25) is 0 Å². The van der Waals surface area contributed by atoms with Gasteiger partial charge in [0.15, 0.2) is 0 Å². The normalized spacial score (nSPS) is 16.8. The van der Waals surface area contributed by atoms with Crippen LogP contribution in [0.5, 0.6) is 0 Å². The van der Waals surface area contributed by atoms with Crippen LogP contribution in [0.25, 0.3) is 0 Å². The Morgan fingerprint density at radius 3 is 2.45 bits per heavy atom. The quantitative estimate of drug-likeness (QED) is 0.876. The van der Waals surface area contributed by atoms with E-state index in [9.17, 15) is 9.59 Å².